The number of hydrogen-bond acceptors (Lipinski definition) is 5. The molecule has 2 aromatic carbocycles. The number of amides is 1. The summed E-state index contributed by atoms with van der Waals surface area (Å²) in [6, 6.07) is 17.2. The number of halogens is 1. The summed E-state index contributed by atoms with van der Waals surface area (Å²) < 4.78 is 14.6. The summed E-state index contributed by atoms with van der Waals surface area (Å²) in [6.07, 6.45) is 4.66. The number of hydrogen-bond donors (Lipinski definition) is 2. The van der Waals surface area contributed by atoms with Crippen molar-refractivity contribution in [2.45, 2.75) is 19.8 Å². The highest BCUT2D eigenvalue weighted by Gasteiger charge is 2.14. The van der Waals surface area contributed by atoms with Crippen molar-refractivity contribution in [1.82, 2.24) is 15.0 Å². The number of carbonyl (C=O) groups excluding carboxylic acids is 1. The number of nitrogens with one attached hydrogen (secondary N) is 2. The van der Waals surface area contributed by atoms with Gasteiger partial charge in [0, 0.05) is 29.2 Å². The monoisotopic (exact) mass is 427 g/mol. The Morgan fingerprint density at radius 1 is 0.969 bits per heavy atom. The van der Waals surface area contributed by atoms with Crippen LogP contribution in [0.4, 0.5) is 21.6 Å². The fourth-order valence-corrected chi connectivity index (χ4v) is 3.23. The van der Waals surface area contributed by atoms with Gasteiger partial charge >= 0.3 is 0 Å². The van der Waals surface area contributed by atoms with Gasteiger partial charge in [-0.05, 0) is 60.0 Å². The number of nitrogens with zero attached hydrogens (tertiary/aromatic N) is 3. The van der Waals surface area contributed by atoms with E-state index in [1.807, 2.05) is 30.3 Å². The Morgan fingerprint density at radius 2 is 1.84 bits per heavy atom. The van der Waals surface area contributed by atoms with E-state index in [9.17, 15) is 9.18 Å². The minimum Gasteiger partial charge on any atom is -0.337 e. The molecule has 0 saturated heterocycles. The molecule has 7 heteroatoms. The Kier molecular flexibility index (Phi) is 6.17. The van der Waals surface area contributed by atoms with Crippen LogP contribution in [0.3, 0.4) is 0 Å². The third-order valence-corrected chi connectivity index (χ3v) is 4.96. The minimum absolute atomic E-state index is 0.141. The van der Waals surface area contributed by atoms with Crippen molar-refractivity contribution in [3.63, 3.8) is 0 Å². The lowest BCUT2D eigenvalue weighted by molar-refractivity contribution is 0.102. The van der Waals surface area contributed by atoms with Gasteiger partial charge in [-0.3, -0.25) is 4.79 Å². The van der Waals surface area contributed by atoms with Crippen LogP contribution in [0, 0.1) is 5.82 Å². The van der Waals surface area contributed by atoms with Crippen LogP contribution in [0.2, 0.25) is 0 Å². The van der Waals surface area contributed by atoms with Gasteiger partial charge < -0.3 is 10.6 Å². The Morgan fingerprint density at radius 3 is 2.62 bits per heavy atom. The maximum atomic E-state index is 14.6. The largest absolute Gasteiger partial charge is 0.337 e. The molecule has 0 aliphatic heterocycles. The van der Waals surface area contributed by atoms with Crippen molar-refractivity contribution in [2.24, 2.45) is 0 Å². The van der Waals surface area contributed by atoms with Crippen LogP contribution < -0.4 is 10.6 Å². The number of carbonyl (C=O) groups is 1. The number of anilines is 3. The van der Waals surface area contributed by atoms with Crippen LogP contribution in [-0.2, 0) is 0 Å². The molecule has 2 N–H and O–H groups in total. The van der Waals surface area contributed by atoms with E-state index in [1.54, 1.807) is 24.5 Å². The normalized spacial score (nSPS) is 10.8. The van der Waals surface area contributed by atoms with Crippen molar-refractivity contribution in [2.75, 3.05) is 10.6 Å². The predicted molar refractivity (Wildman–Crippen MR) is 123 cm³/mol. The highest BCUT2D eigenvalue weighted by molar-refractivity contribution is 6.05. The van der Waals surface area contributed by atoms with E-state index >= 15 is 0 Å². The van der Waals surface area contributed by atoms with E-state index in [0.717, 1.165) is 5.56 Å². The second-order valence-corrected chi connectivity index (χ2v) is 7.55. The molecule has 32 heavy (non-hydrogen) atoms. The van der Waals surface area contributed by atoms with Gasteiger partial charge in [-0.25, -0.2) is 19.3 Å². The third-order valence-electron chi connectivity index (χ3n) is 4.96. The molecule has 0 aliphatic rings. The average molecular weight is 427 g/mol. The molecule has 0 atom stereocenters. The highest BCUT2D eigenvalue weighted by Crippen LogP contribution is 2.28. The van der Waals surface area contributed by atoms with E-state index in [-0.39, 0.29) is 11.6 Å². The summed E-state index contributed by atoms with van der Waals surface area (Å²) in [4.78, 5) is 25.3. The molecule has 4 rings (SSSR count). The van der Waals surface area contributed by atoms with E-state index in [0.29, 0.717) is 34.2 Å². The smallest absolute Gasteiger partial charge is 0.255 e. The third kappa shape index (κ3) is 4.78. The van der Waals surface area contributed by atoms with Crippen LogP contribution >= 0.6 is 0 Å². The second kappa shape index (κ2) is 9.34. The summed E-state index contributed by atoms with van der Waals surface area (Å²) in [5.41, 5.74) is 3.61. The zero-order chi connectivity index (χ0) is 22.5. The lowest BCUT2D eigenvalue weighted by atomic mass is 10.0. The topological polar surface area (TPSA) is 79.8 Å². The lowest BCUT2D eigenvalue weighted by Crippen LogP contribution is -2.13. The Labute approximate surface area is 185 Å². The molecule has 0 radical (unpaired) electrons. The standard InChI is InChI=1S/C25H22FN5O/c1-16(2)17-5-3-6-19(13-17)30-25(32)18-8-9-21(26)23(14-18)31-24-20(7-4-11-28-24)22-10-12-27-15-29-22/h3-16H,1-2H3,(H,28,31)(H,30,32). The number of benzene rings is 2. The Bertz CT molecular complexity index is 1240. The van der Waals surface area contributed by atoms with Gasteiger partial charge in [0.25, 0.3) is 5.91 Å². The van der Waals surface area contributed by atoms with Gasteiger partial charge in [0.05, 0.1) is 11.4 Å². The summed E-state index contributed by atoms with van der Waals surface area (Å²) in [5, 5.41) is 5.88. The molecule has 4 aromatic rings. The van der Waals surface area contributed by atoms with Gasteiger partial charge in [0.1, 0.15) is 18.0 Å². The average Bonchev–Trinajstić information content (AvgIpc) is 2.81. The SMILES string of the molecule is CC(C)c1cccc(NC(=O)c2ccc(F)c(Nc3ncccc3-c3ccncn3)c2)c1. The van der Waals surface area contributed by atoms with Gasteiger partial charge in [0.2, 0.25) is 0 Å². The molecule has 2 heterocycles. The van der Waals surface area contributed by atoms with Crippen molar-refractivity contribution in [3.8, 4) is 11.3 Å². The summed E-state index contributed by atoms with van der Waals surface area (Å²) in [5.74, 6) is -0.0585. The van der Waals surface area contributed by atoms with Crippen LogP contribution in [0.15, 0.2) is 79.4 Å². The fraction of sp³-hybridized carbons (Fsp3) is 0.120. The lowest BCUT2D eigenvalue weighted by Gasteiger charge is -2.13. The Balaban J connectivity index is 1.59. The van der Waals surface area contributed by atoms with Crippen molar-refractivity contribution >= 4 is 23.1 Å². The van der Waals surface area contributed by atoms with E-state index in [1.165, 1.54) is 24.5 Å². The molecule has 160 valence electrons. The summed E-state index contributed by atoms with van der Waals surface area (Å²) in [7, 11) is 0. The summed E-state index contributed by atoms with van der Waals surface area (Å²) >= 11 is 0. The van der Waals surface area contributed by atoms with E-state index < -0.39 is 5.82 Å². The molecule has 0 unspecified atom stereocenters. The first-order valence-corrected chi connectivity index (χ1v) is 10.2. The fourth-order valence-electron chi connectivity index (χ4n) is 3.23. The minimum atomic E-state index is -0.498. The quantitative estimate of drug-likeness (QED) is 0.407. The number of aromatic nitrogens is 3. The van der Waals surface area contributed by atoms with Crippen LogP contribution in [0.25, 0.3) is 11.3 Å². The first kappa shape index (κ1) is 21.1. The van der Waals surface area contributed by atoms with Gasteiger partial charge in [-0.2, -0.15) is 0 Å². The van der Waals surface area contributed by atoms with Gasteiger partial charge in [0.15, 0.2) is 0 Å². The van der Waals surface area contributed by atoms with E-state index in [4.69, 9.17) is 0 Å². The number of rotatable bonds is 6. The summed E-state index contributed by atoms with van der Waals surface area (Å²) in [6.45, 7) is 4.18. The molecule has 2 aromatic heterocycles. The van der Waals surface area contributed by atoms with Crippen molar-refractivity contribution in [1.29, 1.82) is 0 Å². The molecular weight excluding hydrogens is 405 g/mol. The molecule has 0 bridgehead atoms. The predicted octanol–water partition coefficient (Wildman–Crippen LogP) is 5.80. The highest BCUT2D eigenvalue weighted by atomic mass is 19.1. The second-order valence-electron chi connectivity index (χ2n) is 7.55. The molecule has 0 aliphatic carbocycles. The zero-order valence-corrected chi connectivity index (χ0v) is 17.7. The van der Waals surface area contributed by atoms with Crippen LogP contribution in [-0.4, -0.2) is 20.9 Å². The van der Waals surface area contributed by atoms with Crippen molar-refractivity contribution < 1.29 is 9.18 Å². The Hall–Kier alpha value is -4.13. The van der Waals surface area contributed by atoms with Crippen molar-refractivity contribution in [3.05, 3.63) is 96.3 Å². The maximum Gasteiger partial charge on any atom is 0.255 e. The van der Waals surface area contributed by atoms with Gasteiger partial charge in [-0.15, -0.1) is 0 Å². The number of pyridine rings is 1. The molecule has 0 saturated carbocycles. The van der Waals surface area contributed by atoms with Crippen LogP contribution in [0.5, 0.6) is 0 Å². The molecule has 6 nitrogen and oxygen atoms in total. The maximum absolute atomic E-state index is 14.6. The van der Waals surface area contributed by atoms with E-state index in [2.05, 4.69) is 39.4 Å². The van der Waals surface area contributed by atoms with Crippen LogP contribution in [0.1, 0.15) is 35.7 Å². The van der Waals surface area contributed by atoms with Gasteiger partial charge in [-0.1, -0.05) is 26.0 Å². The molecule has 1 amide bonds. The first-order valence-electron chi connectivity index (χ1n) is 10.2. The first-order chi connectivity index (χ1) is 15.5. The molecule has 0 fully saturated rings. The molecule has 0 spiro atoms. The zero-order valence-electron chi connectivity index (χ0n) is 17.7. The molecular formula is C25H22FN5O.